The van der Waals surface area contributed by atoms with Crippen molar-refractivity contribution in [2.75, 3.05) is 39.8 Å². The Bertz CT molecular complexity index is 605. The summed E-state index contributed by atoms with van der Waals surface area (Å²) in [6.07, 6.45) is 2.17. The van der Waals surface area contributed by atoms with Gasteiger partial charge in [0.05, 0.1) is 19.2 Å². The lowest BCUT2D eigenvalue weighted by molar-refractivity contribution is -0.135. The minimum absolute atomic E-state index is 0.209. The molecule has 6 heteroatoms. The van der Waals surface area contributed by atoms with Gasteiger partial charge >= 0.3 is 5.97 Å². The molecule has 2 fully saturated rings. The number of hydrogen-bond donors (Lipinski definition) is 1. The molecule has 24 heavy (non-hydrogen) atoms. The average molecular weight is 331 g/mol. The molecule has 0 aliphatic carbocycles. The van der Waals surface area contributed by atoms with Crippen molar-refractivity contribution < 1.29 is 14.3 Å². The molecule has 1 aromatic rings. The summed E-state index contributed by atoms with van der Waals surface area (Å²) < 4.78 is 4.79. The number of amides is 1. The highest BCUT2D eigenvalue weighted by atomic mass is 16.5. The van der Waals surface area contributed by atoms with Crippen molar-refractivity contribution in [1.82, 2.24) is 15.1 Å². The van der Waals surface area contributed by atoms with Crippen LogP contribution in [0.3, 0.4) is 0 Å². The highest BCUT2D eigenvalue weighted by Gasteiger charge is 2.29. The number of piperidine rings is 1. The molecular weight excluding hydrogens is 306 g/mol. The molecule has 6 nitrogen and oxygen atoms in total. The van der Waals surface area contributed by atoms with Crippen LogP contribution in [0.25, 0.3) is 0 Å². The largest absolute Gasteiger partial charge is 0.465 e. The van der Waals surface area contributed by atoms with E-state index >= 15 is 0 Å². The first-order chi connectivity index (χ1) is 11.7. The van der Waals surface area contributed by atoms with Gasteiger partial charge in [-0.25, -0.2) is 4.79 Å². The molecule has 1 N–H and O–H groups in total. The first-order valence-corrected chi connectivity index (χ1v) is 8.57. The van der Waals surface area contributed by atoms with Crippen LogP contribution in [0.4, 0.5) is 0 Å². The first-order valence-electron chi connectivity index (χ1n) is 8.57. The summed E-state index contributed by atoms with van der Waals surface area (Å²) in [5, 5.41) is 3.13. The van der Waals surface area contributed by atoms with Crippen LogP contribution in [0, 0.1) is 0 Å². The standard InChI is InChI=1S/C18H25N3O3/c1-24-18(23)15-5-2-4-14(10-15)12-20-8-3-6-16(13-20)21-9-7-19-11-17(21)22/h2,4-5,10,16,19H,3,6-9,11-13H2,1H3. The quantitative estimate of drug-likeness (QED) is 0.830. The van der Waals surface area contributed by atoms with Crippen LogP contribution in [0.5, 0.6) is 0 Å². The van der Waals surface area contributed by atoms with Crippen molar-refractivity contribution in [3.63, 3.8) is 0 Å². The zero-order valence-corrected chi connectivity index (χ0v) is 14.2. The Hall–Kier alpha value is -1.92. The van der Waals surface area contributed by atoms with E-state index in [-0.39, 0.29) is 11.9 Å². The van der Waals surface area contributed by atoms with Gasteiger partial charge in [-0.3, -0.25) is 9.69 Å². The molecule has 1 aromatic carbocycles. The average Bonchev–Trinajstić information content (AvgIpc) is 2.62. The Morgan fingerprint density at radius 2 is 2.25 bits per heavy atom. The van der Waals surface area contributed by atoms with Gasteiger partial charge in [-0.05, 0) is 37.1 Å². The highest BCUT2D eigenvalue weighted by Crippen LogP contribution is 2.19. The Kier molecular flexibility index (Phi) is 5.48. The summed E-state index contributed by atoms with van der Waals surface area (Å²) in [6.45, 7) is 4.85. The molecular formula is C18H25N3O3. The van der Waals surface area contributed by atoms with Crippen molar-refractivity contribution in [2.45, 2.75) is 25.4 Å². The first kappa shape index (κ1) is 16.9. The maximum atomic E-state index is 12.1. The van der Waals surface area contributed by atoms with Gasteiger partial charge in [0.15, 0.2) is 0 Å². The predicted molar refractivity (Wildman–Crippen MR) is 90.7 cm³/mol. The third-order valence-electron chi connectivity index (χ3n) is 4.80. The van der Waals surface area contributed by atoms with E-state index in [0.29, 0.717) is 18.2 Å². The van der Waals surface area contributed by atoms with E-state index in [0.717, 1.165) is 51.1 Å². The van der Waals surface area contributed by atoms with Crippen molar-refractivity contribution in [1.29, 1.82) is 0 Å². The minimum Gasteiger partial charge on any atom is -0.465 e. The van der Waals surface area contributed by atoms with Crippen LogP contribution in [0.1, 0.15) is 28.8 Å². The highest BCUT2D eigenvalue weighted by molar-refractivity contribution is 5.89. The lowest BCUT2D eigenvalue weighted by Crippen LogP contribution is -2.56. The van der Waals surface area contributed by atoms with Crippen molar-refractivity contribution in [3.8, 4) is 0 Å². The zero-order valence-electron chi connectivity index (χ0n) is 14.2. The fourth-order valence-electron chi connectivity index (χ4n) is 3.61. The SMILES string of the molecule is COC(=O)c1cccc(CN2CCCC(N3CCNCC3=O)C2)c1. The second-order valence-electron chi connectivity index (χ2n) is 6.49. The van der Waals surface area contributed by atoms with Crippen LogP contribution in [-0.2, 0) is 16.1 Å². The third kappa shape index (κ3) is 3.94. The number of nitrogens with one attached hydrogen (secondary N) is 1. The van der Waals surface area contributed by atoms with E-state index in [1.165, 1.54) is 7.11 Å². The second-order valence-corrected chi connectivity index (χ2v) is 6.49. The molecule has 2 saturated heterocycles. The number of hydrogen-bond acceptors (Lipinski definition) is 5. The Morgan fingerprint density at radius 3 is 3.04 bits per heavy atom. The molecule has 2 aliphatic rings. The minimum atomic E-state index is -0.306. The zero-order chi connectivity index (χ0) is 16.9. The monoisotopic (exact) mass is 331 g/mol. The van der Waals surface area contributed by atoms with E-state index in [9.17, 15) is 9.59 Å². The number of esters is 1. The Balaban J connectivity index is 1.63. The lowest BCUT2D eigenvalue weighted by atomic mass is 10.0. The molecule has 3 rings (SSSR count). The number of carbonyl (C=O) groups excluding carboxylic acids is 2. The second kappa shape index (κ2) is 7.77. The van der Waals surface area contributed by atoms with Gasteiger partial charge < -0.3 is 15.0 Å². The summed E-state index contributed by atoms with van der Waals surface area (Å²) in [7, 11) is 1.40. The molecule has 2 aliphatic heterocycles. The molecule has 0 saturated carbocycles. The van der Waals surface area contributed by atoms with Gasteiger partial charge in [0.1, 0.15) is 0 Å². The van der Waals surface area contributed by atoms with Gasteiger partial charge in [-0.15, -0.1) is 0 Å². The summed E-state index contributed by atoms with van der Waals surface area (Å²) >= 11 is 0. The van der Waals surface area contributed by atoms with E-state index < -0.39 is 0 Å². The number of ether oxygens (including phenoxy) is 1. The summed E-state index contributed by atoms with van der Waals surface area (Å²) in [5.74, 6) is -0.0967. The summed E-state index contributed by atoms with van der Waals surface area (Å²) in [6, 6.07) is 7.89. The number of carbonyl (C=O) groups is 2. The van der Waals surface area contributed by atoms with Crippen molar-refractivity contribution in [3.05, 3.63) is 35.4 Å². The van der Waals surface area contributed by atoms with E-state index in [1.54, 1.807) is 6.07 Å². The van der Waals surface area contributed by atoms with Gasteiger partial charge in [0, 0.05) is 32.2 Å². The van der Waals surface area contributed by atoms with Crippen LogP contribution >= 0.6 is 0 Å². The van der Waals surface area contributed by atoms with Crippen LogP contribution in [-0.4, -0.2) is 67.6 Å². The van der Waals surface area contributed by atoms with Gasteiger partial charge in [0.2, 0.25) is 5.91 Å². The number of piperazine rings is 1. The number of benzene rings is 1. The molecule has 1 atom stereocenters. The van der Waals surface area contributed by atoms with E-state index in [4.69, 9.17) is 4.74 Å². The Morgan fingerprint density at radius 1 is 1.38 bits per heavy atom. The molecule has 0 aromatic heterocycles. The van der Waals surface area contributed by atoms with Gasteiger partial charge in [-0.1, -0.05) is 12.1 Å². The van der Waals surface area contributed by atoms with Gasteiger partial charge in [-0.2, -0.15) is 0 Å². The molecule has 130 valence electrons. The number of likely N-dealkylation sites (tertiary alicyclic amines) is 1. The molecule has 0 radical (unpaired) electrons. The molecule has 1 amide bonds. The fraction of sp³-hybridized carbons (Fsp3) is 0.556. The lowest BCUT2D eigenvalue weighted by Gasteiger charge is -2.41. The van der Waals surface area contributed by atoms with Crippen molar-refractivity contribution >= 4 is 11.9 Å². The third-order valence-corrected chi connectivity index (χ3v) is 4.80. The van der Waals surface area contributed by atoms with Crippen molar-refractivity contribution in [2.24, 2.45) is 0 Å². The smallest absolute Gasteiger partial charge is 0.337 e. The topological polar surface area (TPSA) is 61.9 Å². The maximum absolute atomic E-state index is 12.1. The van der Waals surface area contributed by atoms with Gasteiger partial charge in [0.25, 0.3) is 0 Å². The Labute approximate surface area is 142 Å². The van der Waals surface area contributed by atoms with Crippen LogP contribution in [0.2, 0.25) is 0 Å². The number of methoxy groups -OCH3 is 1. The van der Waals surface area contributed by atoms with E-state index in [2.05, 4.69) is 10.2 Å². The molecule has 1 unspecified atom stereocenters. The number of rotatable bonds is 4. The normalized spacial score (nSPS) is 22.5. The molecule has 0 bridgehead atoms. The fourth-order valence-corrected chi connectivity index (χ4v) is 3.61. The maximum Gasteiger partial charge on any atom is 0.337 e. The van der Waals surface area contributed by atoms with E-state index in [1.807, 2.05) is 23.1 Å². The predicted octanol–water partition coefficient (Wildman–Crippen LogP) is 0.869. The number of nitrogens with zero attached hydrogens (tertiary/aromatic N) is 2. The van der Waals surface area contributed by atoms with Crippen LogP contribution < -0.4 is 5.32 Å². The van der Waals surface area contributed by atoms with Crippen LogP contribution in [0.15, 0.2) is 24.3 Å². The molecule has 0 spiro atoms. The summed E-state index contributed by atoms with van der Waals surface area (Å²) in [4.78, 5) is 28.2. The molecule has 2 heterocycles. The summed E-state index contributed by atoms with van der Waals surface area (Å²) in [5.41, 5.74) is 1.69.